The van der Waals surface area contributed by atoms with Crippen molar-refractivity contribution in [3.63, 3.8) is 0 Å². The Kier molecular flexibility index (Phi) is 6.56. The van der Waals surface area contributed by atoms with Crippen molar-refractivity contribution in [1.29, 1.82) is 0 Å². The third-order valence-electron chi connectivity index (χ3n) is 9.86. The summed E-state index contributed by atoms with van der Waals surface area (Å²) in [6, 6.07) is 53.1. The SMILES string of the molecule is C1=Cc2c(c3ccccc3n2-c2cccc(-c3nc(-c4ccccc4)nc(-c4ccccc4)n3)c2-n2c3ccccc3c3ccccc32)CC1. The summed E-state index contributed by atoms with van der Waals surface area (Å²) in [6.45, 7) is 0. The van der Waals surface area contributed by atoms with Crippen molar-refractivity contribution in [3.05, 3.63) is 169 Å². The summed E-state index contributed by atoms with van der Waals surface area (Å²) in [6.07, 6.45) is 6.64. The van der Waals surface area contributed by atoms with Crippen LogP contribution in [0.15, 0.2) is 158 Å². The number of aromatic nitrogens is 5. The number of aryl methyl sites for hydroxylation is 1. The molecule has 236 valence electrons. The summed E-state index contributed by atoms with van der Waals surface area (Å²) in [5, 5.41) is 3.70. The topological polar surface area (TPSA) is 48.5 Å². The van der Waals surface area contributed by atoms with Crippen LogP contribution in [0.5, 0.6) is 0 Å². The lowest BCUT2D eigenvalue weighted by Crippen LogP contribution is -2.09. The van der Waals surface area contributed by atoms with Crippen molar-refractivity contribution in [2.24, 2.45) is 0 Å². The van der Waals surface area contributed by atoms with E-state index in [4.69, 9.17) is 15.0 Å². The molecule has 9 aromatic rings. The van der Waals surface area contributed by atoms with Crippen LogP contribution in [0.2, 0.25) is 0 Å². The van der Waals surface area contributed by atoms with Gasteiger partial charge in [-0.15, -0.1) is 0 Å². The summed E-state index contributed by atoms with van der Waals surface area (Å²) in [7, 11) is 0. The molecule has 0 radical (unpaired) electrons. The number of fused-ring (bicyclic) bond motifs is 6. The largest absolute Gasteiger partial charge is 0.307 e. The molecule has 0 saturated heterocycles. The van der Waals surface area contributed by atoms with E-state index < -0.39 is 0 Å². The Morgan fingerprint density at radius 2 is 0.960 bits per heavy atom. The van der Waals surface area contributed by atoms with Gasteiger partial charge in [0.25, 0.3) is 0 Å². The van der Waals surface area contributed by atoms with Crippen molar-refractivity contribution in [2.75, 3.05) is 0 Å². The van der Waals surface area contributed by atoms with Crippen LogP contribution in [0.3, 0.4) is 0 Å². The molecule has 1 aliphatic rings. The zero-order valence-electron chi connectivity index (χ0n) is 27.2. The van der Waals surface area contributed by atoms with E-state index in [9.17, 15) is 0 Å². The third-order valence-corrected chi connectivity index (χ3v) is 9.86. The Morgan fingerprint density at radius 1 is 0.440 bits per heavy atom. The van der Waals surface area contributed by atoms with E-state index in [2.05, 4.69) is 137 Å². The highest BCUT2D eigenvalue weighted by Gasteiger charge is 2.26. The van der Waals surface area contributed by atoms with Crippen molar-refractivity contribution >= 4 is 38.8 Å². The highest BCUT2D eigenvalue weighted by atomic mass is 15.1. The number of para-hydroxylation sites is 4. The first-order valence-electron chi connectivity index (χ1n) is 17.1. The predicted molar refractivity (Wildman–Crippen MR) is 205 cm³/mol. The summed E-state index contributed by atoms with van der Waals surface area (Å²) in [5.41, 5.74) is 11.0. The van der Waals surface area contributed by atoms with Crippen LogP contribution in [0.4, 0.5) is 0 Å². The molecule has 0 saturated carbocycles. The molecule has 0 amide bonds. The number of benzene rings is 6. The molecular formula is C45H31N5. The minimum absolute atomic E-state index is 0.622. The average molecular weight is 642 g/mol. The second-order valence-corrected chi connectivity index (χ2v) is 12.7. The Hall–Kier alpha value is -6.59. The molecule has 5 nitrogen and oxygen atoms in total. The number of nitrogens with zero attached hydrogens (tertiary/aromatic N) is 5. The van der Waals surface area contributed by atoms with Gasteiger partial charge < -0.3 is 9.13 Å². The quantitative estimate of drug-likeness (QED) is 0.188. The first kappa shape index (κ1) is 28.4. The fraction of sp³-hybridized carbons (Fsp3) is 0.0444. The van der Waals surface area contributed by atoms with Gasteiger partial charge in [-0.05, 0) is 54.8 Å². The van der Waals surface area contributed by atoms with Crippen LogP contribution >= 0.6 is 0 Å². The van der Waals surface area contributed by atoms with E-state index in [1.54, 1.807) is 0 Å². The highest BCUT2D eigenvalue weighted by Crippen LogP contribution is 2.42. The van der Waals surface area contributed by atoms with Crippen molar-refractivity contribution in [2.45, 2.75) is 12.8 Å². The maximum Gasteiger partial charge on any atom is 0.166 e. The second-order valence-electron chi connectivity index (χ2n) is 12.7. The van der Waals surface area contributed by atoms with Gasteiger partial charge in [0.05, 0.1) is 27.9 Å². The monoisotopic (exact) mass is 641 g/mol. The maximum atomic E-state index is 5.24. The van der Waals surface area contributed by atoms with Crippen molar-refractivity contribution in [1.82, 2.24) is 24.1 Å². The lowest BCUT2D eigenvalue weighted by molar-refractivity contribution is 0.961. The van der Waals surface area contributed by atoms with Gasteiger partial charge in [-0.2, -0.15) is 0 Å². The van der Waals surface area contributed by atoms with Gasteiger partial charge >= 0.3 is 0 Å². The molecule has 0 N–H and O–H groups in total. The van der Waals surface area contributed by atoms with Crippen LogP contribution < -0.4 is 0 Å². The van der Waals surface area contributed by atoms with Crippen LogP contribution in [0.1, 0.15) is 17.7 Å². The van der Waals surface area contributed by atoms with Gasteiger partial charge in [0.2, 0.25) is 0 Å². The highest BCUT2D eigenvalue weighted by molar-refractivity contribution is 6.10. The fourth-order valence-electron chi connectivity index (χ4n) is 7.67. The number of rotatable bonds is 5. The van der Waals surface area contributed by atoms with Gasteiger partial charge in [0, 0.05) is 38.5 Å². The molecule has 0 unspecified atom stereocenters. The van der Waals surface area contributed by atoms with Gasteiger partial charge in [0.1, 0.15) is 0 Å². The molecule has 6 aromatic carbocycles. The molecule has 10 rings (SSSR count). The zero-order chi connectivity index (χ0) is 33.0. The zero-order valence-corrected chi connectivity index (χ0v) is 27.2. The third kappa shape index (κ3) is 4.44. The smallest absolute Gasteiger partial charge is 0.166 e. The fourth-order valence-corrected chi connectivity index (χ4v) is 7.67. The normalized spacial score (nSPS) is 12.6. The van der Waals surface area contributed by atoms with Crippen molar-refractivity contribution < 1.29 is 0 Å². The molecular weight excluding hydrogens is 611 g/mol. The Balaban J connectivity index is 1.36. The number of hydrogen-bond donors (Lipinski definition) is 0. The van der Waals surface area contributed by atoms with Crippen LogP contribution in [-0.4, -0.2) is 24.1 Å². The van der Waals surface area contributed by atoms with E-state index in [-0.39, 0.29) is 0 Å². The summed E-state index contributed by atoms with van der Waals surface area (Å²) >= 11 is 0. The first-order chi connectivity index (χ1) is 24.8. The molecule has 0 atom stereocenters. The Bertz CT molecular complexity index is 2640. The number of hydrogen-bond acceptors (Lipinski definition) is 3. The molecule has 3 heterocycles. The molecule has 0 fully saturated rings. The average Bonchev–Trinajstić information content (AvgIpc) is 3.71. The molecule has 0 bridgehead atoms. The molecule has 5 heteroatoms. The summed E-state index contributed by atoms with van der Waals surface area (Å²) in [4.78, 5) is 15.5. The lowest BCUT2D eigenvalue weighted by atomic mass is 10.0. The van der Waals surface area contributed by atoms with Gasteiger partial charge in [-0.1, -0.05) is 127 Å². The van der Waals surface area contributed by atoms with E-state index in [0.29, 0.717) is 17.5 Å². The molecule has 0 aliphatic heterocycles. The van der Waals surface area contributed by atoms with Crippen LogP contribution in [0.25, 0.3) is 84.3 Å². The maximum absolute atomic E-state index is 5.24. The van der Waals surface area contributed by atoms with Crippen LogP contribution in [0, 0.1) is 0 Å². The van der Waals surface area contributed by atoms with Crippen LogP contribution in [-0.2, 0) is 6.42 Å². The predicted octanol–water partition coefficient (Wildman–Crippen LogP) is 10.9. The molecule has 1 aliphatic carbocycles. The Labute approximate surface area is 289 Å². The minimum Gasteiger partial charge on any atom is -0.307 e. The minimum atomic E-state index is 0.622. The standard InChI is InChI=1S/C45H31N5/c1-3-16-30(17-4-1)43-46-44(31-18-5-2-6-19-31)48-45(47-43)36-24-15-29-41(49-37-25-11-7-20-32(37)33-21-8-12-26-38(33)49)42(36)50-39-27-13-9-22-34(39)35-23-10-14-28-40(35)50/h1-7,9-20,22-29H,8,21H2. The van der Waals surface area contributed by atoms with Gasteiger partial charge in [-0.25, -0.2) is 15.0 Å². The number of allylic oxidation sites excluding steroid dienone is 1. The molecule has 0 spiro atoms. The van der Waals surface area contributed by atoms with E-state index in [1.165, 1.54) is 32.9 Å². The summed E-state index contributed by atoms with van der Waals surface area (Å²) in [5.74, 6) is 1.90. The van der Waals surface area contributed by atoms with Gasteiger partial charge in [0.15, 0.2) is 17.5 Å². The molecule has 50 heavy (non-hydrogen) atoms. The molecule has 3 aromatic heterocycles. The van der Waals surface area contributed by atoms with Gasteiger partial charge in [-0.3, -0.25) is 0 Å². The Morgan fingerprint density at radius 3 is 1.58 bits per heavy atom. The van der Waals surface area contributed by atoms with E-state index in [0.717, 1.165) is 51.9 Å². The van der Waals surface area contributed by atoms with E-state index >= 15 is 0 Å². The second kappa shape index (κ2) is 11.5. The lowest BCUT2D eigenvalue weighted by Gasteiger charge is -2.21. The van der Waals surface area contributed by atoms with Crippen molar-refractivity contribution in [3.8, 4) is 45.5 Å². The van der Waals surface area contributed by atoms with E-state index in [1.807, 2.05) is 36.4 Å². The summed E-state index contributed by atoms with van der Waals surface area (Å²) < 4.78 is 4.86. The first-order valence-corrected chi connectivity index (χ1v) is 17.1.